The monoisotopic (exact) mass is 986 g/mol. The molecule has 8 atom stereocenters. The molecule has 0 radical (unpaired) electrons. The van der Waals surface area contributed by atoms with Crippen LogP contribution < -0.4 is 5.32 Å². The summed E-state index contributed by atoms with van der Waals surface area (Å²) in [6.07, 6.45) is 48.0. The first-order valence-electron chi connectivity index (χ1n) is 28.2. The second-order valence-electron chi connectivity index (χ2n) is 19.3. The summed E-state index contributed by atoms with van der Waals surface area (Å²) in [5.41, 5.74) is 0. The number of carbonyl (C=O) groups is 2. The fourth-order valence-electron chi connectivity index (χ4n) is 8.34. The van der Waals surface area contributed by atoms with Gasteiger partial charge in [-0.05, 0) is 89.9 Å². The fraction of sp³-hybridized carbons (Fsp3) is 0.763. The van der Waals surface area contributed by atoms with Gasteiger partial charge in [0.1, 0.15) is 24.4 Å². The molecule has 6 N–H and O–H groups in total. The lowest BCUT2D eigenvalue weighted by molar-refractivity contribution is -0.305. The first-order chi connectivity index (χ1) is 34.2. The summed E-state index contributed by atoms with van der Waals surface area (Å²) in [5, 5.41) is 56.7. The zero-order chi connectivity index (χ0) is 51.1. The summed E-state index contributed by atoms with van der Waals surface area (Å²) in [6.45, 7) is 5.60. The Kier molecular flexibility index (Phi) is 43.8. The number of aliphatic hydroxyl groups is 5. The van der Waals surface area contributed by atoms with Crippen LogP contribution in [0.15, 0.2) is 72.9 Å². The van der Waals surface area contributed by atoms with E-state index in [0.29, 0.717) is 12.8 Å². The number of hydrogen-bond acceptors (Lipinski definition) is 10. The molecule has 0 bridgehead atoms. The number of nitrogens with one attached hydrogen (secondary N) is 1. The topological polar surface area (TPSA) is 175 Å². The van der Waals surface area contributed by atoms with Gasteiger partial charge in [-0.15, -0.1) is 0 Å². The lowest BCUT2D eigenvalue weighted by atomic mass is 9.99. The first-order valence-corrected chi connectivity index (χ1v) is 28.2. The maximum Gasteiger partial charge on any atom is 0.306 e. The molecule has 1 saturated heterocycles. The second-order valence-corrected chi connectivity index (χ2v) is 19.3. The van der Waals surface area contributed by atoms with Gasteiger partial charge in [-0.25, -0.2) is 0 Å². The Morgan fingerprint density at radius 2 is 1.03 bits per heavy atom. The molecule has 404 valence electrons. The van der Waals surface area contributed by atoms with Crippen molar-refractivity contribution in [3.8, 4) is 0 Å². The molecule has 0 aromatic carbocycles. The second kappa shape index (κ2) is 47.1. The van der Waals surface area contributed by atoms with E-state index in [4.69, 9.17) is 14.2 Å². The van der Waals surface area contributed by atoms with E-state index in [2.05, 4.69) is 86.8 Å². The van der Waals surface area contributed by atoms with E-state index < -0.39 is 67.4 Å². The minimum Gasteiger partial charge on any atom is -0.454 e. The highest BCUT2D eigenvalue weighted by Crippen LogP contribution is 2.26. The maximum atomic E-state index is 13.4. The van der Waals surface area contributed by atoms with Crippen LogP contribution >= 0.6 is 0 Å². The number of unbranched alkanes of at least 4 members (excludes halogenated alkanes) is 22. The molecule has 1 aliphatic heterocycles. The van der Waals surface area contributed by atoms with E-state index in [1.54, 1.807) is 6.08 Å². The lowest BCUT2D eigenvalue weighted by Gasteiger charge is -2.41. The molecule has 11 heteroatoms. The maximum absolute atomic E-state index is 13.4. The van der Waals surface area contributed by atoms with Gasteiger partial charge in [0.2, 0.25) is 5.91 Å². The van der Waals surface area contributed by atoms with Gasteiger partial charge in [-0.1, -0.05) is 203 Å². The third kappa shape index (κ3) is 35.3. The summed E-state index contributed by atoms with van der Waals surface area (Å²) in [6, 6.07) is -1.03. The predicted molar refractivity (Wildman–Crippen MR) is 287 cm³/mol. The van der Waals surface area contributed by atoms with E-state index in [1.807, 2.05) is 6.08 Å². The average molecular weight is 986 g/mol. The van der Waals surface area contributed by atoms with Crippen LogP contribution in [0.5, 0.6) is 0 Å². The lowest BCUT2D eigenvalue weighted by Crippen LogP contribution is -2.61. The Morgan fingerprint density at radius 1 is 0.571 bits per heavy atom. The van der Waals surface area contributed by atoms with Crippen LogP contribution in [0.1, 0.15) is 226 Å². The number of hydrogen-bond donors (Lipinski definition) is 6. The summed E-state index contributed by atoms with van der Waals surface area (Å²) in [7, 11) is 0. The molecule has 1 fully saturated rings. The molecular weight excluding hydrogens is 883 g/mol. The van der Waals surface area contributed by atoms with Crippen LogP contribution in [0.25, 0.3) is 0 Å². The van der Waals surface area contributed by atoms with Crippen LogP contribution in [0.3, 0.4) is 0 Å². The summed E-state index contributed by atoms with van der Waals surface area (Å²) in [4.78, 5) is 26.4. The van der Waals surface area contributed by atoms with Crippen LogP contribution in [0.4, 0.5) is 0 Å². The number of ether oxygens (including phenoxy) is 3. The van der Waals surface area contributed by atoms with E-state index in [1.165, 1.54) is 70.6 Å². The van der Waals surface area contributed by atoms with E-state index >= 15 is 0 Å². The molecule has 1 amide bonds. The smallest absolute Gasteiger partial charge is 0.306 e. The quantitative estimate of drug-likeness (QED) is 0.0196. The van der Waals surface area contributed by atoms with Crippen LogP contribution in [-0.4, -0.2) is 99.6 Å². The molecule has 1 heterocycles. The van der Waals surface area contributed by atoms with Crippen molar-refractivity contribution in [2.45, 2.75) is 275 Å². The molecule has 0 aromatic heterocycles. The molecule has 11 nitrogen and oxygen atoms in total. The molecule has 70 heavy (non-hydrogen) atoms. The molecule has 1 aliphatic rings. The largest absolute Gasteiger partial charge is 0.454 e. The third-order valence-electron chi connectivity index (χ3n) is 12.8. The highest BCUT2D eigenvalue weighted by molar-refractivity contribution is 5.80. The van der Waals surface area contributed by atoms with Crippen LogP contribution in [-0.2, 0) is 23.8 Å². The van der Waals surface area contributed by atoms with Crippen LogP contribution in [0.2, 0.25) is 0 Å². The van der Waals surface area contributed by atoms with E-state index in [9.17, 15) is 35.1 Å². The van der Waals surface area contributed by atoms with Gasteiger partial charge in [0.15, 0.2) is 12.4 Å². The molecule has 8 unspecified atom stereocenters. The Labute approximate surface area is 426 Å². The molecule has 0 spiro atoms. The highest BCUT2D eigenvalue weighted by atomic mass is 16.7. The van der Waals surface area contributed by atoms with Gasteiger partial charge in [-0.2, -0.15) is 0 Å². The standard InChI is InChI=1S/C59H103NO10/c1-4-7-10-13-16-19-22-24-26-27-28-31-34-37-40-43-46-52(63)58(67)60-50(51(62)45-42-39-36-33-30-21-18-15-12-9-6-3)49-68-59-57(56(66)55(65)53(48-61)69-59)70-54(64)47-44-41-38-35-32-29-25-23-20-17-14-11-8-5-2/h8,11,16-17,19-20,24-26,29,42,45,50-53,55-57,59,61-63,65-66H,4-7,9-10,12-15,18,21-23,27-28,30-41,43-44,46-49H2,1-3H3,(H,60,67)/b11-8+,19-16-,20-17+,26-24-,29-25+,45-42+. The summed E-state index contributed by atoms with van der Waals surface area (Å²) in [5.74, 6) is -1.23. The van der Waals surface area contributed by atoms with E-state index in [-0.39, 0.29) is 19.4 Å². The summed E-state index contributed by atoms with van der Waals surface area (Å²) < 4.78 is 17.5. The zero-order valence-corrected chi connectivity index (χ0v) is 44.4. The van der Waals surface area contributed by atoms with Crippen molar-refractivity contribution in [1.29, 1.82) is 0 Å². The number of rotatable bonds is 46. The van der Waals surface area contributed by atoms with Crippen LogP contribution in [0, 0.1) is 0 Å². The number of carbonyl (C=O) groups excluding carboxylic acids is 2. The third-order valence-corrected chi connectivity index (χ3v) is 12.8. The number of amides is 1. The van der Waals surface area contributed by atoms with Gasteiger partial charge >= 0.3 is 5.97 Å². The summed E-state index contributed by atoms with van der Waals surface area (Å²) >= 11 is 0. The minimum atomic E-state index is -1.63. The highest BCUT2D eigenvalue weighted by Gasteiger charge is 2.47. The van der Waals surface area contributed by atoms with Gasteiger partial charge < -0.3 is 45.1 Å². The molecule has 0 saturated carbocycles. The van der Waals surface area contributed by atoms with Crippen molar-refractivity contribution >= 4 is 11.9 Å². The van der Waals surface area contributed by atoms with Crippen molar-refractivity contribution in [2.75, 3.05) is 13.2 Å². The van der Waals surface area contributed by atoms with Gasteiger partial charge in [-0.3, -0.25) is 9.59 Å². The molecular formula is C59H103NO10. The molecule has 1 rings (SSSR count). The Bertz CT molecular complexity index is 1410. The Morgan fingerprint density at radius 3 is 1.57 bits per heavy atom. The molecule has 0 aliphatic carbocycles. The van der Waals surface area contributed by atoms with Crippen molar-refractivity contribution < 1.29 is 49.3 Å². The average Bonchev–Trinajstić information content (AvgIpc) is 3.36. The van der Waals surface area contributed by atoms with Crippen molar-refractivity contribution in [2.24, 2.45) is 0 Å². The minimum absolute atomic E-state index is 0.0940. The van der Waals surface area contributed by atoms with Gasteiger partial charge in [0, 0.05) is 6.42 Å². The predicted octanol–water partition coefficient (Wildman–Crippen LogP) is 12.4. The normalized spacial score (nSPS) is 20.3. The van der Waals surface area contributed by atoms with E-state index in [0.717, 1.165) is 109 Å². The van der Waals surface area contributed by atoms with Crippen molar-refractivity contribution in [3.05, 3.63) is 72.9 Å². The Balaban J connectivity index is 2.75. The Hall–Kier alpha value is -2.90. The zero-order valence-electron chi connectivity index (χ0n) is 44.4. The fourth-order valence-corrected chi connectivity index (χ4v) is 8.34. The SMILES string of the molecule is CC/C=C/C/C=C/C/C=C/CCCCCCC(=O)OC1C(OCC(NC(=O)C(O)CCCCCCCC/C=C\C/C=C\CCCCC)C(O)/C=C/CCCCCCCCCCC)OC(CO)C(O)C1O. The van der Waals surface area contributed by atoms with Gasteiger partial charge in [0.25, 0.3) is 0 Å². The van der Waals surface area contributed by atoms with Gasteiger partial charge in [0.05, 0.1) is 25.4 Å². The van der Waals surface area contributed by atoms with Crippen molar-refractivity contribution in [1.82, 2.24) is 5.32 Å². The number of aliphatic hydroxyl groups excluding tert-OH is 5. The number of esters is 1. The molecule has 0 aromatic rings. The number of allylic oxidation sites excluding steroid dienone is 11. The first kappa shape index (κ1) is 65.1. The van der Waals surface area contributed by atoms with Crippen molar-refractivity contribution in [3.63, 3.8) is 0 Å².